The molecule has 0 unspecified atom stereocenters. The number of halogens is 2. The van der Waals surface area contributed by atoms with Crippen LogP contribution in [0.5, 0.6) is 0 Å². The fourth-order valence-corrected chi connectivity index (χ4v) is 1.42. The van der Waals surface area contributed by atoms with Gasteiger partial charge in [0, 0.05) is 37.4 Å². The molecule has 1 aromatic rings. The van der Waals surface area contributed by atoms with Gasteiger partial charge in [-0.15, -0.1) is 0 Å². The second-order valence-electron chi connectivity index (χ2n) is 3.34. The molecule has 0 bridgehead atoms. The predicted octanol–water partition coefficient (Wildman–Crippen LogP) is 2.97. The number of carbonyl (C=O) groups excluding carboxylic acids is 2. The molecule has 0 amide bonds. The molecule has 2 rings (SSSR count). The van der Waals surface area contributed by atoms with Gasteiger partial charge >= 0.3 is 8.26 Å². The van der Waals surface area contributed by atoms with Crippen molar-refractivity contribution in [1.82, 2.24) is 0 Å². The maximum Gasteiger partial charge on any atom is 0.317 e. The quantitative estimate of drug-likeness (QED) is 0.339. The highest BCUT2D eigenvalue weighted by molar-refractivity contribution is 8.31. The van der Waals surface area contributed by atoms with Crippen LogP contribution in [-0.2, 0) is 8.26 Å². The molecule has 0 heterocycles. The van der Waals surface area contributed by atoms with Gasteiger partial charge in [0.1, 0.15) is 0 Å². The third kappa shape index (κ3) is 4.67. The molecule has 0 aromatic heterocycles. The maximum atomic E-state index is 11.7. The largest absolute Gasteiger partial charge is 0.317 e. The number of azide groups is 1. The molecule has 0 fully saturated rings. The molecule has 0 aliphatic heterocycles. The van der Waals surface area contributed by atoms with Crippen LogP contribution in [0, 0.1) is 0 Å². The van der Waals surface area contributed by atoms with E-state index in [9.17, 15) is 9.59 Å². The van der Waals surface area contributed by atoms with Gasteiger partial charge in [-0.2, -0.15) is 8.42 Å². The zero-order valence-electron chi connectivity index (χ0n) is 9.53. The van der Waals surface area contributed by atoms with Gasteiger partial charge < -0.3 is 0 Å². The van der Waals surface area contributed by atoms with E-state index in [0.29, 0.717) is 5.56 Å². The summed E-state index contributed by atoms with van der Waals surface area (Å²) in [6.45, 7) is 0. The number of rotatable bonds is 1. The molecule has 20 heavy (non-hydrogen) atoms. The van der Waals surface area contributed by atoms with Gasteiger partial charge in [0.2, 0.25) is 0 Å². The summed E-state index contributed by atoms with van der Waals surface area (Å²) in [6, 6.07) is 6.44. The van der Waals surface area contributed by atoms with E-state index in [1.807, 2.05) is 0 Å². The van der Waals surface area contributed by atoms with E-state index in [4.69, 9.17) is 13.9 Å². The number of hydrogen-bond donors (Lipinski definition) is 0. The lowest BCUT2D eigenvalue weighted by molar-refractivity contribution is 0.0983. The molecule has 0 radical (unpaired) electrons. The Balaban J connectivity index is 0.000000347. The second-order valence-corrected chi connectivity index (χ2v) is 7.00. The van der Waals surface area contributed by atoms with Crippen molar-refractivity contribution < 1.29 is 18.0 Å². The maximum absolute atomic E-state index is 11.7. The number of benzene rings is 1. The molecule has 1 aliphatic carbocycles. The lowest BCUT2D eigenvalue weighted by Crippen LogP contribution is -2.15. The summed E-state index contributed by atoms with van der Waals surface area (Å²) in [5, 5.41) is 3.19. The first-order chi connectivity index (χ1) is 9.24. The zero-order chi connectivity index (χ0) is 15.3. The number of hydrogen-bond acceptors (Lipinski definition) is 5. The average molecular weight is 334 g/mol. The van der Waals surface area contributed by atoms with Gasteiger partial charge in [-0.05, 0) is 11.6 Å². The first kappa shape index (κ1) is 16.2. The Kier molecular flexibility index (Phi) is 5.29. The minimum atomic E-state index is -3.72. The molecule has 0 atom stereocenters. The summed E-state index contributed by atoms with van der Waals surface area (Å²) in [6.07, 6.45) is 1.06. The Bertz CT molecular complexity index is 744. The van der Waals surface area contributed by atoms with Crippen LogP contribution in [0.3, 0.4) is 0 Å². The van der Waals surface area contributed by atoms with Crippen LogP contribution in [0.15, 0.2) is 41.2 Å². The van der Waals surface area contributed by atoms with Crippen LogP contribution in [0.2, 0.25) is 0 Å². The molecular formula is C10H5Cl2N3O4S. The summed E-state index contributed by atoms with van der Waals surface area (Å²) < 4.78 is 18.3. The molecule has 0 saturated carbocycles. The third-order valence-electron chi connectivity index (χ3n) is 2.09. The highest BCUT2D eigenvalue weighted by Gasteiger charge is 2.23. The molecule has 7 nitrogen and oxygen atoms in total. The topological polar surface area (TPSA) is 117 Å². The van der Waals surface area contributed by atoms with Crippen molar-refractivity contribution in [2.45, 2.75) is 0 Å². The Morgan fingerprint density at radius 1 is 1.10 bits per heavy atom. The summed E-state index contributed by atoms with van der Waals surface area (Å²) in [7, 11) is 4.81. The predicted molar refractivity (Wildman–Crippen MR) is 73.0 cm³/mol. The Hall–Kier alpha value is -1.86. The minimum Gasteiger partial charge on any atom is -0.289 e. The number of Topliss-reactive ketones (excluding diaryl/α,β-unsaturated/α-hetero) is 1. The normalized spacial score (nSPS) is 13.4. The zero-order valence-corrected chi connectivity index (χ0v) is 11.9. The van der Waals surface area contributed by atoms with Crippen molar-refractivity contribution in [1.29, 1.82) is 0 Å². The van der Waals surface area contributed by atoms with Crippen molar-refractivity contribution in [2.75, 3.05) is 0 Å². The van der Waals surface area contributed by atoms with Crippen LogP contribution >= 0.6 is 21.4 Å². The van der Waals surface area contributed by atoms with Crippen LogP contribution < -0.4 is 0 Å². The number of carbonyl (C=O) groups is 2. The number of ketones is 2. The van der Waals surface area contributed by atoms with E-state index >= 15 is 0 Å². The highest BCUT2D eigenvalue weighted by Crippen LogP contribution is 2.21. The Morgan fingerprint density at radius 3 is 2.10 bits per heavy atom. The van der Waals surface area contributed by atoms with Gasteiger partial charge in [0.25, 0.3) is 0 Å². The average Bonchev–Trinajstić information content (AvgIpc) is 2.34. The smallest absolute Gasteiger partial charge is 0.289 e. The van der Waals surface area contributed by atoms with E-state index in [2.05, 4.69) is 31.4 Å². The molecule has 0 saturated heterocycles. The Labute approximate surface area is 122 Å². The van der Waals surface area contributed by atoms with Gasteiger partial charge in [0.05, 0.1) is 5.70 Å². The van der Waals surface area contributed by atoms with Gasteiger partial charge in [0.15, 0.2) is 11.6 Å². The summed E-state index contributed by atoms with van der Waals surface area (Å²) in [5.74, 6) is -0.726. The molecule has 0 N–H and O–H groups in total. The number of fused-ring (bicyclic) bond motifs is 1. The van der Waals surface area contributed by atoms with Crippen molar-refractivity contribution in [2.24, 2.45) is 5.11 Å². The van der Waals surface area contributed by atoms with Crippen molar-refractivity contribution >= 4 is 41.2 Å². The monoisotopic (exact) mass is 333 g/mol. The van der Waals surface area contributed by atoms with Crippen LogP contribution in [-0.4, -0.2) is 20.0 Å². The standard InChI is InChI=1S/C10H5N3O2.Cl2O2S/c11-13-12-8-5-9(14)6-3-1-2-4-7(6)10(8)15;1-5(2,3)4/h1-5H;. The first-order valence-corrected chi connectivity index (χ1v) is 7.96. The van der Waals surface area contributed by atoms with Crippen LogP contribution in [0.4, 0.5) is 0 Å². The second kappa shape index (κ2) is 6.53. The lowest BCUT2D eigenvalue weighted by atomic mass is 9.93. The molecule has 10 heteroatoms. The lowest BCUT2D eigenvalue weighted by Gasteiger charge is -2.10. The molecule has 1 aromatic carbocycles. The van der Waals surface area contributed by atoms with Gasteiger partial charge in [-0.1, -0.05) is 29.4 Å². The SMILES string of the molecule is O=S(=O)(Cl)Cl.[N-]=[N+]=NC1=CC(=O)c2ccccc2C1=O. The highest BCUT2D eigenvalue weighted by atomic mass is 36.0. The van der Waals surface area contributed by atoms with E-state index < -0.39 is 14.0 Å². The molecule has 1 aliphatic rings. The summed E-state index contributed by atoms with van der Waals surface area (Å²) in [5.41, 5.74) is 8.70. The van der Waals surface area contributed by atoms with E-state index in [1.165, 1.54) is 6.07 Å². The fourth-order valence-electron chi connectivity index (χ4n) is 1.42. The summed E-state index contributed by atoms with van der Waals surface area (Å²) >= 11 is 0. The third-order valence-corrected chi connectivity index (χ3v) is 2.09. The van der Waals surface area contributed by atoms with Crippen molar-refractivity contribution in [3.8, 4) is 0 Å². The van der Waals surface area contributed by atoms with E-state index in [-0.39, 0.29) is 17.0 Å². The van der Waals surface area contributed by atoms with Crippen molar-refractivity contribution in [3.63, 3.8) is 0 Å². The Morgan fingerprint density at radius 2 is 1.60 bits per heavy atom. The van der Waals surface area contributed by atoms with E-state index in [0.717, 1.165) is 6.08 Å². The molecular weight excluding hydrogens is 329 g/mol. The molecule has 0 spiro atoms. The fraction of sp³-hybridized carbons (Fsp3) is 0. The minimum absolute atomic E-state index is 0.152. The first-order valence-electron chi connectivity index (χ1n) is 4.83. The molecule has 104 valence electrons. The van der Waals surface area contributed by atoms with Crippen molar-refractivity contribution in [3.05, 3.63) is 57.6 Å². The van der Waals surface area contributed by atoms with Crippen LogP contribution in [0.25, 0.3) is 10.4 Å². The van der Waals surface area contributed by atoms with Gasteiger partial charge in [-0.25, -0.2) is 0 Å². The number of allylic oxidation sites excluding steroid dienone is 2. The van der Waals surface area contributed by atoms with E-state index in [1.54, 1.807) is 18.2 Å². The van der Waals surface area contributed by atoms with Crippen LogP contribution in [0.1, 0.15) is 20.7 Å². The summed E-state index contributed by atoms with van der Waals surface area (Å²) in [4.78, 5) is 25.7. The van der Waals surface area contributed by atoms with Gasteiger partial charge in [-0.3, -0.25) is 9.59 Å². The number of nitrogens with zero attached hydrogens (tertiary/aromatic N) is 3.